The molecule has 1 rings (SSSR count). The molecular formula is C14H30N2O2. The Bertz CT molecular complexity index is 224. The van der Waals surface area contributed by atoms with Crippen molar-refractivity contribution in [3.05, 3.63) is 0 Å². The molecule has 0 bridgehead atoms. The minimum absolute atomic E-state index is 0.116. The van der Waals surface area contributed by atoms with Crippen LogP contribution >= 0.6 is 0 Å². The number of ether oxygens (including phenoxy) is 2. The summed E-state index contributed by atoms with van der Waals surface area (Å²) in [6.45, 7) is 8.73. The van der Waals surface area contributed by atoms with Gasteiger partial charge in [0.05, 0.1) is 12.7 Å². The lowest BCUT2D eigenvalue weighted by molar-refractivity contribution is -0.0764. The molecule has 1 fully saturated rings. The topological polar surface area (TPSA) is 47.7 Å². The second-order valence-electron chi connectivity index (χ2n) is 5.24. The first-order valence-corrected chi connectivity index (χ1v) is 7.28. The molecule has 2 atom stereocenters. The predicted molar refractivity (Wildman–Crippen MR) is 74.8 cm³/mol. The Balaban J connectivity index is 2.68. The highest BCUT2D eigenvalue weighted by Crippen LogP contribution is 2.31. The Kier molecular flexibility index (Phi) is 7.15. The average molecular weight is 258 g/mol. The summed E-state index contributed by atoms with van der Waals surface area (Å²) in [5, 5.41) is 0. The minimum Gasteiger partial charge on any atom is -0.383 e. The molecular weight excluding hydrogens is 228 g/mol. The van der Waals surface area contributed by atoms with Crippen molar-refractivity contribution in [2.75, 3.05) is 40.0 Å². The summed E-state index contributed by atoms with van der Waals surface area (Å²) in [7, 11) is 1.76. The monoisotopic (exact) mass is 258 g/mol. The summed E-state index contributed by atoms with van der Waals surface area (Å²) < 4.78 is 11.1. The van der Waals surface area contributed by atoms with E-state index in [2.05, 4.69) is 18.7 Å². The van der Waals surface area contributed by atoms with Crippen LogP contribution in [0.15, 0.2) is 0 Å². The highest BCUT2D eigenvalue weighted by Gasteiger charge is 2.39. The molecule has 0 aromatic rings. The number of methoxy groups -OCH3 is 1. The maximum atomic E-state index is 6.11. The molecule has 18 heavy (non-hydrogen) atoms. The van der Waals surface area contributed by atoms with Gasteiger partial charge in [0.25, 0.3) is 0 Å². The third-order valence-electron chi connectivity index (χ3n) is 4.14. The third-order valence-corrected chi connectivity index (χ3v) is 4.14. The number of nitrogens with zero attached hydrogens (tertiary/aromatic N) is 1. The third kappa shape index (κ3) is 3.92. The molecule has 0 spiro atoms. The van der Waals surface area contributed by atoms with Gasteiger partial charge in [-0.25, -0.2) is 0 Å². The van der Waals surface area contributed by atoms with Crippen LogP contribution in [0.25, 0.3) is 0 Å². The lowest BCUT2D eigenvalue weighted by Crippen LogP contribution is -2.59. The van der Waals surface area contributed by atoms with Crippen LogP contribution in [-0.2, 0) is 9.47 Å². The van der Waals surface area contributed by atoms with E-state index in [4.69, 9.17) is 15.2 Å². The summed E-state index contributed by atoms with van der Waals surface area (Å²) in [5.74, 6) is 0. The molecule has 108 valence electrons. The first kappa shape index (κ1) is 15.9. The van der Waals surface area contributed by atoms with Crippen LogP contribution < -0.4 is 5.73 Å². The van der Waals surface area contributed by atoms with Crippen LogP contribution in [-0.4, -0.2) is 56.5 Å². The SMILES string of the molecule is CCCC1CC(CN)(N(CC)CCOC)CCO1. The van der Waals surface area contributed by atoms with Gasteiger partial charge in [0.1, 0.15) is 0 Å². The maximum absolute atomic E-state index is 6.11. The molecule has 0 aromatic carbocycles. The van der Waals surface area contributed by atoms with Gasteiger partial charge >= 0.3 is 0 Å². The summed E-state index contributed by atoms with van der Waals surface area (Å²) in [4.78, 5) is 2.49. The van der Waals surface area contributed by atoms with E-state index >= 15 is 0 Å². The smallest absolute Gasteiger partial charge is 0.0593 e. The van der Waals surface area contributed by atoms with Gasteiger partial charge in [0.15, 0.2) is 0 Å². The molecule has 2 N–H and O–H groups in total. The van der Waals surface area contributed by atoms with E-state index in [0.29, 0.717) is 12.6 Å². The van der Waals surface area contributed by atoms with Gasteiger partial charge in [0, 0.05) is 32.3 Å². The normalized spacial score (nSPS) is 28.8. The number of hydrogen-bond acceptors (Lipinski definition) is 4. The highest BCUT2D eigenvalue weighted by molar-refractivity contribution is 4.96. The van der Waals surface area contributed by atoms with Crippen molar-refractivity contribution in [3.63, 3.8) is 0 Å². The van der Waals surface area contributed by atoms with Crippen LogP contribution in [0.4, 0.5) is 0 Å². The van der Waals surface area contributed by atoms with Crippen molar-refractivity contribution in [3.8, 4) is 0 Å². The van der Waals surface area contributed by atoms with E-state index in [9.17, 15) is 0 Å². The first-order valence-electron chi connectivity index (χ1n) is 7.28. The Labute approximate surface area is 112 Å². The highest BCUT2D eigenvalue weighted by atomic mass is 16.5. The van der Waals surface area contributed by atoms with Gasteiger partial charge in [-0.2, -0.15) is 0 Å². The van der Waals surface area contributed by atoms with E-state index < -0.39 is 0 Å². The summed E-state index contributed by atoms with van der Waals surface area (Å²) in [6, 6.07) is 0. The molecule has 1 heterocycles. The largest absolute Gasteiger partial charge is 0.383 e. The Morgan fingerprint density at radius 2 is 2.22 bits per heavy atom. The van der Waals surface area contributed by atoms with E-state index in [1.54, 1.807) is 7.11 Å². The summed E-state index contributed by atoms with van der Waals surface area (Å²) >= 11 is 0. The van der Waals surface area contributed by atoms with Crippen molar-refractivity contribution in [1.82, 2.24) is 4.90 Å². The second kappa shape index (κ2) is 8.10. The van der Waals surface area contributed by atoms with Gasteiger partial charge in [0.2, 0.25) is 0 Å². The molecule has 0 saturated carbocycles. The van der Waals surface area contributed by atoms with Crippen LogP contribution in [0.3, 0.4) is 0 Å². The van der Waals surface area contributed by atoms with E-state index in [1.165, 1.54) is 6.42 Å². The molecule has 0 radical (unpaired) electrons. The number of rotatable bonds is 8. The fraction of sp³-hybridized carbons (Fsp3) is 1.00. The zero-order valence-corrected chi connectivity index (χ0v) is 12.3. The molecule has 0 aliphatic carbocycles. The Hall–Kier alpha value is -0.160. The van der Waals surface area contributed by atoms with Gasteiger partial charge in [-0.3, -0.25) is 4.90 Å². The summed E-state index contributed by atoms with van der Waals surface area (Å²) in [6.07, 6.45) is 4.80. The fourth-order valence-electron chi connectivity index (χ4n) is 3.04. The van der Waals surface area contributed by atoms with Gasteiger partial charge in [-0.15, -0.1) is 0 Å². The molecule has 1 aliphatic heterocycles. The van der Waals surface area contributed by atoms with Gasteiger partial charge in [-0.05, 0) is 25.8 Å². The van der Waals surface area contributed by atoms with Crippen LogP contribution in [0.1, 0.15) is 39.5 Å². The van der Waals surface area contributed by atoms with Gasteiger partial charge < -0.3 is 15.2 Å². The van der Waals surface area contributed by atoms with Crippen molar-refractivity contribution in [1.29, 1.82) is 0 Å². The molecule has 1 aliphatic rings. The molecule has 4 nitrogen and oxygen atoms in total. The van der Waals surface area contributed by atoms with Crippen LogP contribution in [0, 0.1) is 0 Å². The molecule has 1 saturated heterocycles. The fourth-order valence-corrected chi connectivity index (χ4v) is 3.04. The molecule has 0 amide bonds. The molecule has 4 heteroatoms. The van der Waals surface area contributed by atoms with E-state index in [-0.39, 0.29) is 5.54 Å². The lowest BCUT2D eigenvalue weighted by Gasteiger charge is -2.48. The Morgan fingerprint density at radius 1 is 1.44 bits per heavy atom. The number of nitrogens with two attached hydrogens (primary N) is 1. The van der Waals surface area contributed by atoms with Crippen molar-refractivity contribution in [2.24, 2.45) is 5.73 Å². The van der Waals surface area contributed by atoms with Crippen molar-refractivity contribution in [2.45, 2.75) is 51.2 Å². The zero-order chi connectivity index (χ0) is 13.4. The van der Waals surface area contributed by atoms with Crippen LogP contribution in [0.2, 0.25) is 0 Å². The van der Waals surface area contributed by atoms with Crippen molar-refractivity contribution >= 4 is 0 Å². The number of hydrogen-bond donors (Lipinski definition) is 1. The van der Waals surface area contributed by atoms with Crippen molar-refractivity contribution < 1.29 is 9.47 Å². The Morgan fingerprint density at radius 3 is 2.78 bits per heavy atom. The first-order chi connectivity index (χ1) is 8.72. The lowest BCUT2D eigenvalue weighted by atomic mass is 9.83. The standard InChI is InChI=1S/C14H30N2O2/c1-4-6-13-11-14(12-15,7-9-18-13)16(5-2)8-10-17-3/h13H,4-12,15H2,1-3H3. The van der Waals surface area contributed by atoms with Crippen LogP contribution in [0.5, 0.6) is 0 Å². The average Bonchev–Trinajstić information content (AvgIpc) is 2.40. The van der Waals surface area contributed by atoms with Gasteiger partial charge in [-0.1, -0.05) is 20.3 Å². The predicted octanol–water partition coefficient (Wildman–Crippen LogP) is 1.63. The minimum atomic E-state index is 0.116. The molecule has 0 aromatic heterocycles. The van der Waals surface area contributed by atoms with E-state index in [1.807, 2.05) is 0 Å². The van der Waals surface area contributed by atoms with E-state index in [0.717, 1.165) is 45.6 Å². The molecule has 2 unspecified atom stereocenters. The number of likely N-dealkylation sites (N-methyl/N-ethyl adjacent to an activating group) is 1. The quantitative estimate of drug-likeness (QED) is 0.719. The zero-order valence-electron chi connectivity index (χ0n) is 12.3. The summed E-state index contributed by atoms with van der Waals surface area (Å²) in [5.41, 5.74) is 6.22. The maximum Gasteiger partial charge on any atom is 0.0593 e. The second-order valence-corrected chi connectivity index (χ2v) is 5.24.